The van der Waals surface area contributed by atoms with E-state index in [1.165, 1.54) is 25.7 Å². The van der Waals surface area contributed by atoms with Crippen LogP contribution in [-0.4, -0.2) is 52.9 Å². The van der Waals surface area contributed by atoms with Crippen molar-refractivity contribution >= 4 is 11.7 Å². The maximum absolute atomic E-state index is 12.7. The highest BCUT2D eigenvalue weighted by Crippen LogP contribution is 2.35. The van der Waals surface area contributed by atoms with Gasteiger partial charge in [-0.25, -0.2) is 4.68 Å². The lowest BCUT2D eigenvalue weighted by molar-refractivity contribution is -0.119. The van der Waals surface area contributed by atoms with Gasteiger partial charge in [-0.15, -0.1) is 0 Å². The molecule has 1 amide bonds. The molecule has 1 aliphatic carbocycles. The van der Waals surface area contributed by atoms with Gasteiger partial charge in [0.15, 0.2) is 0 Å². The highest BCUT2D eigenvalue weighted by molar-refractivity contribution is 5.91. The Hall–Kier alpha value is -2.18. The fourth-order valence-electron chi connectivity index (χ4n) is 4.10. The molecule has 144 valence electrons. The van der Waals surface area contributed by atoms with Crippen LogP contribution < -0.4 is 5.32 Å². The molecular weight excluding hydrogens is 340 g/mol. The van der Waals surface area contributed by atoms with E-state index in [0.717, 1.165) is 30.3 Å². The number of carbonyl (C=O) groups excluding carboxylic acids is 1. The lowest BCUT2D eigenvalue weighted by atomic mass is 10.0. The van der Waals surface area contributed by atoms with E-state index in [0.29, 0.717) is 19.1 Å². The van der Waals surface area contributed by atoms with Crippen molar-refractivity contribution < 1.29 is 9.53 Å². The summed E-state index contributed by atoms with van der Waals surface area (Å²) in [5, 5.41) is 7.94. The third-order valence-electron chi connectivity index (χ3n) is 5.46. The zero-order valence-electron chi connectivity index (χ0n) is 15.9. The highest BCUT2D eigenvalue weighted by Gasteiger charge is 2.23. The van der Waals surface area contributed by atoms with Gasteiger partial charge < -0.3 is 10.1 Å². The van der Waals surface area contributed by atoms with Crippen LogP contribution in [0.1, 0.15) is 44.2 Å². The van der Waals surface area contributed by atoms with Crippen LogP contribution in [-0.2, 0) is 9.53 Å². The van der Waals surface area contributed by atoms with Crippen molar-refractivity contribution in [1.29, 1.82) is 0 Å². The van der Waals surface area contributed by atoms with E-state index in [1.807, 2.05) is 41.9 Å². The van der Waals surface area contributed by atoms with Crippen LogP contribution in [0, 0.1) is 0 Å². The summed E-state index contributed by atoms with van der Waals surface area (Å²) >= 11 is 0. The van der Waals surface area contributed by atoms with Gasteiger partial charge in [-0.3, -0.25) is 9.69 Å². The van der Waals surface area contributed by atoms with Crippen molar-refractivity contribution in [3.05, 3.63) is 42.1 Å². The van der Waals surface area contributed by atoms with Crippen molar-refractivity contribution in [2.24, 2.45) is 0 Å². The van der Waals surface area contributed by atoms with Crippen molar-refractivity contribution in [2.75, 3.05) is 31.6 Å². The Balaban J connectivity index is 1.52. The molecule has 0 bridgehead atoms. The molecule has 6 nitrogen and oxygen atoms in total. The fraction of sp³-hybridized carbons (Fsp3) is 0.524. The number of benzene rings is 1. The maximum atomic E-state index is 12.7. The molecule has 1 aromatic carbocycles. The molecule has 2 heterocycles. The number of anilines is 1. The second-order valence-corrected chi connectivity index (χ2v) is 7.65. The predicted molar refractivity (Wildman–Crippen MR) is 105 cm³/mol. The Kier molecular flexibility index (Phi) is 5.55. The molecule has 2 aliphatic rings. The summed E-state index contributed by atoms with van der Waals surface area (Å²) in [6.07, 6.45) is 5.07. The molecule has 6 heteroatoms. The third-order valence-corrected chi connectivity index (χ3v) is 5.46. The van der Waals surface area contributed by atoms with Crippen LogP contribution in [0.4, 0.5) is 5.82 Å². The number of amides is 1. The minimum Gasteiger partial charge on any atom is -0.376 e. The number of nitrogens with one attached hydrogen (secondary N) is 1. The largest absolute Gasteiger partial charge is 0.376 e. The van der Waals surface area contributed by atoms with E-state index < -0.39 is 0 Å². The number of carbonyl (C=O) groups is 1. The van der Waals surface area contributed by atoms with Crippen molar-refractivity contribution in [3.63, 3.8) is 0 Å². The van der Waals surface area contributed by atoms with Crippen molar-refractivity contribution in [1.82, 2.24) is 14.7 Å². The topological polar surface area (TPSA) is 59.4 Å². The van der Waals surface area contributed by atoms with E-state index in [2.05, 4.69) is 16.3 Å². The summed E-state index contributed by atoms with van der Waals surface area (Å²) in [7, 11) is 0. The quantitative estimate of drug-likeness (QED) is 0.881. The van der Waals surface area contributed by atoms with Gasteiger partial charge in [0.05, 0.1) is 30.6 Å². The lowest BCUT2D eigenvalue weighted by Crippen LogP contribution is -2.44. The summed E-state index contributed by atoms with van der Waals surface area (Å²) in [6.45, 7) is 4.69. The average Bonchev–Trinajstić information content (AvgIpc) is 3.32. The smallest absolute Gasteiger partial charge is 0.239 e. The number of hydrogen-bond donors (Lipinski definition) is 1. The Labute approximate surface area is 160 Å². The molecule has 1 unspecified atom stereocenters. The molecule has 1 saturated heterocycles. The molecule has 0 radical (unpaired) electrons. The monoisotopic (exact) mass is 368 g/mol. The molecule has 1 aromatic heterocycles. The number of morpholine rings is 1. The van der Waals surface area contributed by atoms with Crippen LogP contribution in [0.2, 0.25) is 0 Å². The van der Waals surface area contributed by atoms with Gasteiger partial charge >= 0.3 is 0 Å². The molecule has 4 rings (SSSR count). The molecule has 1 atom stereocenters. The van der Waals surface area contributed by atoms with E-state index in [1.54, 1.807) is 0 Å². The molecule has 1 N–H and O–H groups in total. The molecule has 1 saturated carbocycles. The van der Waals surface area contributed by atoms with Gasteiger partial charge in [0.25, 0.3) is 0 Å². The summed E-state index contributed by atoms with van der Waals surface area (Å²) in [4.78, 5) is 14.8. The first-order chi connectivity index (χ1) is 13.2. The Morgan fingerprint density at radius 1 is 1.26 bits per heavy atom. The first kappa shape index (κ1) is 18.2. The first-order valence-corrected chi connectivity index (χ1v) is 9.98. The number of rotatable bonds is 5. The Bertz CT molecular complexity index is 768. The summed E-state index contributed by atoms with van der Waals surface area (Å²) in [5.74, 6) is 1.26. The highest BCUT2D eigenvalue weighted by atomic mass is 16.5. The van der Waals surface area contributed by atoms with Gasteiger partial charge in [-0.05, 0) is 31.9 Å². The minimum atomic E-state index is -0.000784. The zero-order valence-corrected chi connectivity index (χ0v) is 15.9. The SMILES string of the molecule is CC1CN(CC(=O)Nc2cc(C3CCCC3)nn2-c2ccccc2)CCO1. The van der Waals surface area contributed by atoms with Crippen LogP contribution in [0.25, 0.3) is 5.69 Å². The van der Waals surface area contributed by atoms with Crippen molar-refractivity contribution in [3.8, 4) is 5.69 Å². The standard InChI is InChI=1S/C21H28N4O2/c1-16-14-24(11-12-27-16)15-21(26)22-20-13-19(17-7-5-6-8-17)23-25(20)18-9-3-2-4-10-18/h2-4,9-10,13,16-17H,5-8,11-12,14-15H2,1H3,(H,22,26). The van der Waals surface area contributed by atoms with E-state index >= 15 is 0 Å². The Morgan fingerprint density at radius 2 is 2.04 bits per heavy atom. The van der Waals surface area contributed by atoms with E-state index in [9.17, 15) is 4.79 Å². The molecule has 1 aliphatic heterocycles. The summed E-state index contributed by atoms with van der Waals surface area (Å²) < 4.78 is 7.43. The molecule has 2 fully saturated rings. The van der Waals surface area contributed by atoms with Crippen LogP contribution >= 0.6 is 0 Å². The maximum Gasteiger partial charge on any atom is 0.239 e. The molecular formula is C21H28N4O2. The molecule has 27 heavy (non-hydrogen) atoms. The number of ether oxygens (including phenoxy) is 1. The van der Waals surface area contributed by atoms with Gasteiger partial charge in [-0.1, -0.05) is 31.0 Å². The lowest BCUT2D eigenvalue weighted by Gasteiger charge is -2.30. The molecule has 2 aromatic rings. The summed E-state index contributed by atoms with van der Waals surface area (Å²) in [6, 6.07) is 12.1. The van der Waals surface area contributed by atoms with Crippen LogP contribution in [0.3, 0.4) is 0 Å². The number of nitrogens with zero attached hydrogens (tertiary/aromatic N) is 3. The number of aromatic nitrogens is 2. The second kappa shape index (κ2) is 8.23. The molecule has 0 spiro atoms. The minimum absolute atomic E-state index is 0.000784. The Morgan fingerprint density at radius 3 is 2.78 bits per heavy atom. The number of hydrogen-bond acceptors (Lipinski definition) is 4. The zero-order chi connectivity index (χ0) is 18.6. The normalized spacial score (nSPS) is 21.4. The second-order valence-electron chi connectivity index (χ2n) is 7.65. The van der Waals surface area contributed by atoms with Gasteiger partial charge in [0.1, 0.15) is 5.82 Å². The van der Waals surface area contributed by atoms with E-state index in [-0.39, 0.29) is 12.0 Å². The predicted octanol–water partition coefficient (Wildman–Crippen LogP) is 3.19. The van der Waals surface area contributed by atoms with Gasteiger partial charge in [-0.2, -0.15) is 5.10 Å². The number of para-hydroxylation sites is 1. The average molecular weight is 368 g/mol. The van der Waals surface area contributed by atoms with E-state index in [4.69, 9.17) is 9.84 Å². The van der Waals surface area contributed by atoms with Gasteiger partial charge in [0.2, 0.25) is 5.91 Å². The first-order valence-electron chi connectivity index (χ1n) is 9.98. The van der Waals surface area contributed by atoms with Crippen LogP contribution in [0.15, 0.2) is 36.4 Å². The van der Waals surface area contributed by atoms with Crippen LogP contribution in [0.5, 0.6) is 0 Å². The fourth-order valence-corrected chi connectivity index (χ4v) is 4.10. The van der Waals surface area contributed by atoms with Crippen molar-refractivity contribution in [2.45, 2.75) is 44.6 Å². The van der Waals surface area contributed by atoms with Gasteiger partial charge in [0, 0.05) is 25.1 Å². The third kappa shape index (κ3) is 4.39. The summed E-state index contributed by atoms with van der Waals surface area (Å²) in [5.41, 5.74) is 2.06.